The van der Waals surface area contributed by atoms with Gasteiger partial charge in [0.15, 0.2) is 5.16 Å². The number of nitrogens with zero attached hydrogens (tertiary/aromatic N) is 5. The summed E-state index contributed by atoms with van der Waals surface area (Å²) in [6.45, 7) is 0. The molecule has 2 aromatic rings. The van der Waals surface area contributed by atoms with E-state index in [1.165, 1.54) is 0 Å². The zero-order valence-corrected chi connectivity index (χ0v) is 7.31. The summed E-state index contributed by atoms with van der Waals surface area (Å²) in [5.74, 6) is 0. The maximum atomic E-state index is 3.94. The molecular weight excluding hydrogens is 176 g/mol. The van der Waals surface area contributed by atoms with Crippen LogP contribution in [0.1, 0.15) is 0 Å². The zero-order valence-electron chi connectivity index (χ0n) is 6.42. The van der Waals surface area contributed by atoms with Gasteiger partial charge in [-0.05, 0) is 0 Å². The van der Waals surface area contributed by atoms with Crippen LogP contribution in [-0.2, 0) is 7.05 Å². The molecule has 0 fully saturated rings. The molecule has 0 aliphatic rings. The molecular formula is C5H8N6S. The fourth-order valence-corrected chi connectivity index (χ4v) is 0.547. The first-order chi connectivity index (χ1) is 5.80. The molecule has 2 heterocycles. The van der Waals surface area contributed by atoms with E-state index in [1.54, 1.807) is 23.3 Å². The lowest BCUT2D eigenvalue weighted by Crippen LogP contribution is -1.83. The van der Waals surface area contributed by atoms with E-state index in [0.717, 1.165) is 0 Å². The standard InChI is InChI=1S/C3H5N3S.C2H3N3/c1-6-2-4-5-3(6)7;1-2-4-5-3-1/h2H,1H3,(H,5,7);1-2H,(H,3,4,5). The fourth-order valence-electron chi connectivity index (χ4n) is 0.444. The maximum Gasteiger partial charge on any atom is 0.187 e. The first-order valence-electron chi connectivity index (χ1n) is 3.14. The van der Waals surface area contributed by atoms with Crippen LogP contribution in [0.2, 0.25) is 0 Å². The summed E-state index contributed by atoms with van der Waals surface area (Å²) in [6.07, 6.45) is 4.84. The Morgan fingerprint density at radius 2 is 2.33 bits per heavy atom. The van der Waals surface area contributed by atoms with E-state index in [2.05, 4.69) is 38.2 Å². The van der Waals surface area contributed by atoms with Crippen molar-refractivity contribution in [3.05, 3.63) is 18.7 Å². The SMILES string of the molecule is Cn1cnnc1S.c1c[nH]nn1. The van der Waals surface area contributed by atoms with Crippen LogP contribution in [0.4, 0.5) is 0 Å². The number of aromatic nitrogens is 6. The average Bonchev–Trinajstić information content (AvgIpc) is 2.67. The van der Waals surface area contributed by atoms with Crippen molar-refractivity contribution in [1.82, 2.24) is 30.2 Å². The number of nitrogens with one attached hydrogen (secondary N) is 1. The average molecular weight is 184 g/mol. The van der Waals surface area contributed by atoms with E-state index < -0.39 is 0 Å². The van der Waals surface area contributed by atoms with Crippen LogP contribution in [0, 0.1) is 0 Å². The molecule has 64 valence electrons. The minimum Gasteiger partial charge on any atom is -0.312 e. The van der Waals surface area contributed by atoms with E-state index >= 15 is 0 Å². The van der Waals surface area contributed by atoms with E-state index in [4.69, 9.17) is 0 Å². The summed E-state index contributed by atoms with van der Waals surface area (Å²) < 4.78 is 1.73. The number of hydrogen-bond acceptors (Lipinski definition) is 5. The highest BCUT2D eigenvalue weighted by Crippen LogP contribution is 1.93. The number of aromatic amines is 1. The third-order valence-electron chi connectivity index (χ3n) is 1.02. The topological polar surface area (TPSA) is 72.3 Å². The molecule has 0 radical (unpaired) electrons. The monoisotopic (exact) mass is 184 g/mol. The van der Waals surface area contributed by atoms with E-state index in [9.17, 15) is 0 Å². The van der Waals surface area contributed by atoms with E-state index in [-0.39, 0.29) is 0 Å². The van der Waals surface area contributed by atoms with Crippen LogP contribution in [0.25, 0.3) is 0 Å². The van der Waals surface area contributed by atoms with E-state index in [0.29, 0.717) is 5.16 Å². The zero-order chi connectivity index (χ0) is 8.81. The van der Waals surface area contributed by atoms with Gasteiger partial charge in [-0.15, -0.1) is 27.9 Å². The van der Waals surface area contributed by atoms with Crippen LogP contribution in [0.3, 0.4) is 0 Å². The predicted octanol–water partition coefficient (Wildman–Crippen LogP) is -0.0915. The molecule has 2 rings (SSSR count). The van der Waals surface area contributed by atoms with Gasteiger partial charge in [0.1, 0.15) is 6.33 Å². The van der Waals surface area contributed by atoms with Crippen LogP contribution in [-0.4, -0.2) is 30.2 Å². The Kier molecular flexibility index (Phi) is 3.27. The molecule has 0 atom stereocenters. The molecule has 0 saturated heterocycles. The molecule has 7 heteroatoms. The Labute approximate surface area is 74.4 Å². The highest BCUT2D eigenvalue weighted by atomic mass is 32.1. The van der Waals surface area contributed by atoms with Gasteiger partial charge < -0.3 is 4.57 Å². The molecule has 0 bridgehead atoms. The Morgan fingerprint density at radius 3 is 2.50 bits per heavy atom. The molecule has 12 heavy (non-hydrogen) atoms. The van der Waals surface area contributed by atoms with Crippen molar-refractivity contribution in [2.45, 2.75) is 5.16 Å². The number of hydrogen-bond donors (Lipinski definition) is 2. The number of aryl methyl sites for hydroxylation is 1. The van der Waals surface area contributed by atoms with Crippen molar-refractivity contribution >= 4 is 12.6 Å². The van der Waals surface area contributed by atoms with Crippen molar-refractivity contribution in [3.8, 4) is 0 Å². The van der Waals surface area contributed by atoms with Crippen molar-refractivity contribution in [2.75, 3.05) is 0 Å². The fraction of sp³-hybridized carbons (Fsp3) is 0.200. The van der Waals surface area contributed by atoms with Gasteiger partial charge in [0.05, 0.1) is 6.20 Å². The second-order valence-corrected chi connectivity index (χ2v) is 2.30. The molecule has 0 aliphatic heterocycles. The third-order valence-corrected chi connectivity index (χ3v) is 1.42. The summed E-state index contributed by atoms with van der Waals surface area (Å²) >= 11 is 3.94. The minimum absolute atomic E-state index is 0.639. The first kappa shape index (κ1) is 8.72. The lowest BCUT2D eigenvalue weighted by atomic mass is 11.0. The lowest BCUT2D eigenvalue weighted by Gasteiger charge is -1.83. The number of rotatable bonds is 0. The Morgan fingerprint density at radius 1 is 1.50 bits per heavy atom. The first-order valence-corrected chi connectivity index (χ1v) is 3.59. The molecule has 1 N–H and O–H groups in total. The van der Waals surface area contributed by atoms with Crippen LogP contribution in [0.15, 0.2) is 23.9 Å². The molecule has 0 aliphatic carbocycles. The van der Waals surface area contributed by atoms with Gasteiger partial charge in [-0.3, -0.25) is 5.10 Å². The summed E-state index contributed by atoms with van der Waals surface area (Å²) in [4.78, 5) is 0. The van der Waals surface area contributed by atoms with Crippen LogP contribution in [0.5, 0.6) is 0 Å². The third kappa shape index (κ3) is 2.70. The van der Waals surface area contributed by atoms with Crippen molar-refractivity contribution in [3.63, 3.8) is 0 Å². The summed E-state index contributed by atoms with van der Waals surface area (Å²) in [5, 5.41) is 17.1. The van der Waals surface area contributed by atoms with Gasteiger partial charge in [-0.1, -0.05) is 5.21 Å². The van der Waals surface area contributed by atoms with Gasteiger partial charge >= 0.3 is 0 Å². The highest BCUT2D eigenvalue weighted by Gasteiger charge is 1.86. The molecule has 0 aromatic carbocycles. The van der Waals surface area contributed by atoms with Gasteiger partial charge in [-0.25, -0.2) is 0 Å². The van der Waals surface area contributed by atoms with Gasteiger partial charge in [0.25, 0.3) is 0 Å². The molecule has 2 aromatic heterocycles. The van der Waals surface area contributed by atoms with Crippen LogP contribution < -0.4 is 0 Å². The molecule has 0 amide bonds. The van der Waals surface area contributed by atoms with Gasteiger partial charge in [-0.2, -0.15) is 0 Å². The minimum atomic E-state index is 0.639. The largest absolute Gasteiger partial charge is 0.312 e. The van der Waals surface area contributed by atoms with E-state index in [1.807, 2.05) is 7.05 Å². The lowest BCUT2D eigenvalue weighted by molar-refractivity contribution is 0.793. The highest BCUT2D eigenvalue weighted by molar-refractivity contribution is 7.80. The number of H-pyrrole nitrogens is 1. The van der Waals surface area contributed by atoms with Crippen molar-refractivity contribution in [1.29, 1.82) is 0 Å². The second kappa shape index (κ2) is 4.50. The molecule has 0 unspecified atom stereocenters. The smallest absolute Gasteiger partial charge is 0.187 e. The van der Waals surface area contributed by atoms with Crippen LogP contribution >= 0.6 is 12.6 Å². The Balaban J connectivity index is 0.000000127. The Bertz CT molecular complexity index is 268. The van der Waals surface area contributed by atoms with Gasteiger partial charge in [0, 0.05) is 13.2 Å². The summed E-state index contributed by atoms with van der Waals surface area (Å²) in [5.41, 5.74) is 0. The van der Waals surface area contributed by atoms with Crippen molar-refractivity contribution < 1.29 is 0 Å². The molecule has 0 spiro atoms. The summed E-state index contributed by atoms with van der Waals surface area (Å²) in [7, 11) is 1.84. The van der Waals surface area contributed by atoms with Gasteiger partial charge in [0.2, 0.25) is 0 Å². The quantitative estimate of drug-likeness (QED) is 0.561. The molecule has 0 saturated carbocycles. The predicted molar refractivity (Wildman–Crippen MR) is 44.6 cm³/mol. The maximum absolute atomic E-state index is 3.94. The van der Waals surface area contributed by atoms with Crippen molar-refractivity contribution in [2.24, 2.45) is 7.05 Å². The molecule has 6 nitrogen and oxygen atoms in total. The second-order valence-electron chi connectivity index (χ2n) is 1.90. The summed E-state index contributed by atoms with van der Waals surface area (Å²) in [6, 6.07) is 0. The number of thiol groups is 1. The Hall–Kier alpha value is -1.37. The normalized spacial score (nSPS) is 8.83.